The molecule has 3 aromatic rings. The van der Waals surface area contributed by atoms with E-state index < -0.39 is 11.0 Å². The first-order valence-electron chi connectivity index (χ1n) is 8.78. The maximum atomic E-state index is 13.1. The Kier molecular flexibility index (Phi) is 5.23. The Morgan fingerprint density at radius 3 is 2.46 bits per heavy atom. The number of Topliss-reactive ketones (excluding diaryl/α,β-unsaturated/α-hetero) is 1. The molecule has 0 fully saturated rings. The number of nitrogens with zero attached hydrogens (tertiary/aromatic N) is 3. The lowest BCUT2D eigenvalue weighted by molar-refractivity contribution is 0.0966. The minimum atomic E-state index is -0.732. The van der Waals surface area contributed by atoms with Crippen molar-refractivity contribution in [3.63, 3.8) is 0 Å². The van der Waals surface area contributed by atoms with E-state index in [4.69, 9.17) is 0 Å². The molecule has 142 valence electrons. The van der Waals surface area contributed by atoms with Crippen LogP contribution in [0, 0.1) is 23.1 Å². The second kappa shape index (κ2) is 7.61. The summed E-state index contributed by atoms with van der Waals surface area (Å²) in [4.78, 5) is 37.9. The second-order valence-electron chi connectivity index (χ2n) is 6.99. The van der Waals surface area contributed by atoms with Crippen LogP contribution in [0.25, 0.3) is 5.52 Å². The number of ketones is 1. The third kappa shape index (κ3) is 3.62. The molecule has 0 radical (unpaired) electrons. The molecule has 0 unspecified atom stereocenters. The van der Waals surface area contributed by atoms with Crippen molar-refractivity contribution < 1.29 is 9.18 Å². The maximum Gasteiger partial charge on any atom is 0.276 e. The van der Waals surface area contributed by atoms with Crippen LogP contribution in [-0.4, -0.2) is 14.8 Å². The maximum absolute atomic E-state index is 13.1. The van der Waals surface area contributed by atoms with Gasteiger partial charge >= 0.3 is 0 Å². The van der Waals surface area contributed by atoms with E-state index in [1.165, 1.54) is 39.7 Å². The highest BCUT2D eigenvalue weighted by atomic mass is 19.1. The van der Waals surface area contributed by atoms with Gasteiger partial charge in [0.2, 0.25) is 5.43 Å². The van der Waals surface area contributed by atoms with Crippen molar-refractivity contribution in [2.24, 2.45) is 5.92 Å². The van der Waals surface area contributed by atoms with Crippen molar-refractivity contribution in [3.8, 4) is 6.07 Å². The highest BCUT2D eigenvalue weighted by molar-refractivity contribution is 5.96. The summed E-state index contributed by atoms with van der Waals surface area (Å²) in [7, 11) is 0. The van der Waals surface area contributed by atoms with Crippen LogP contribution in [0.4, 0.5) is 4.39 Å². The molecule has 0 bridgehead atoms. The van der Waals surface area contributed by atoms with Gasteiger partial charge in [0.05, 0.1) is 12.1 Å². The van der Waals surface area contributed by atoms with Gasteiger partial charge in [-0.2, -0.15) is 5.26 Å². The number of benzene rings is 1. The fourth-order valence-corrected chi connectivity index (χ4v) is 3.02. The van der Waals surface area contributed by atoms with E-state index in [0.717, 1.165) is 0 Å². The Hall–Kier alpha value is -3.53. The molecule has 7 heteroatoms. The lowest BCUT2D eigenvalue weighted by atomic mass is 10.0. The molecule has 0 spiro atoms. The molecule has 0 aliphatic rings. The average molecular weight is 379 g/mol. The van der Waals surface area contributed by atoms with Crippen molar-refractivity contribution in [2.75, 3.05) is 0 Å². The van der Waals surface area contributed by atoms with Crippen LogP contribution >= 0.6 is 0 Å². The van der Waals surface area contributed by atoms with Gasteiger partial charge in [0.1, 0.15) is 23.0 Å². The van der Waals surface area contributed by atoms with Gasteiger partial charge in [-0.15, -0.1) is 0 Å². The summed E-state index contributed by atoms with van der Waals surface area (Å²) in [6, 6.07) is 7.46. The number of halogens is 1. The molecule has 1 aromatic carbocycles. The third-order valence-electron chi connectivity index (χ3n) is 4.38. The van der Waals surface area contributed by atoms with Gasteiger partial charge < -0.3 is 8.97 Å². The zero-order chi connectivity index (χ0) is 20.4. The molecular weight excluding hydrogens is 361 g/mol. The van der Waals surface area contributed by atoms with E-state index in [1.54, 1.807) is 18.2 Å². The number of hydrogen-bond donors (Lipinski definition) is 0. The molecule has 0 aliphatic carbocycles. The predicted octanol–water partition coefficient (Wildman–Crippen LogP) is 2.75. The van der Waals surface area contributed by atoms with E-state index in [-0.39, 0.29) is 47.1 Å². The number of aromatic nitrogens is 2. The molecule has 0 aliphatic heterocycles. The summed E-state index contributed by atoms with van der Waals surface area (Å²) in [5.74, 6) is -0.685. The Labute approximate surface area is 160 Å². The highest BCUT2D eigenvalue weighted by Gasteiger charge is 2.20. The SMILES string of the molecule is CC(C)CC(=O)c1cn2ccn(Cc3ccc(F)cc3)c(=O)c2c(C#N)c1=O. The summed E-state index contributed by atoms with van der Waals surface area (Å²) in [6.07, 6.45) is 4.51. The Morgan fingerprint density at radius 1 is 1.18 bits per heavy atom. The molecule has 2 heterocycles. The Balaban J connectivity index is 2.16. The van der Waals surface area contributed by atoms with E-state index in [1.807, 2.05) is 13.8 Å². The van der Waals surface area contributed by atoms with Gasteiger partial charge in [-0.1, -0.05) is 26.0 Å². The summed E-state index contributed by atoms with van der Waals surface area (Å²) >= 11 is 0. The standard InChI is InChI=1S/C21H18FN3O3/c1-13(2)9-18(26)17-12-24-7-8-25(11-14-3-5-15(22)6-4-14)21(28)19(24)16(10-23)20(17)27/h3-8,12-13H,9,11H2,1-2H3. The van der Waals surface area contributed by atoms with Gasteiger partial charge in [0.15, 0.2) is 5.78 Å². The molecule has 6 nitrogen and oxygen atoms in total. The number of hydrogen-bond acceptors (Lipinski definition) is 4. The summed E-state index contributed by atoms with van der Waals surface area (Å²) in [5.41, 5.74) is -1.12. The minimum Gasteiger partial charge on any atom is -0.316 e. The molecule has 0 saturated carbocycles. The van der Waals surface area contributed by atoms with E-state index in [2.05, 4.69) is 0 Å². The summed E-state index contributed by atoms with van der Waals surface area (Å²) in [5, 5.41) is 9.48. The quantitative estimate of drug-likeness (QED) is 0.638. The zero-order valence-electron chi connectivity index (χ0n) is 15.5. The van der Waals surface area contributed by atoms with Crippen LogP contribution < -0.4 is 11.0 Å². The molecule has 0 N–H and O–H groups in total. The van der Waals surface area contributed by atoms with Crippen molar-refractivity contribution in [2.45, 2.75) is 26.8 Å². The van der Waals surface area contributed by atoms with Crippen molar-refractivity contribution in [3.05, 3.63) is 85.9 Å². The number of rotatable bonds is 5. The highest BCUT2D eigenvalue weighted by Crippen LogP contribution is 2.11. The first-order valence-corrected chi connectivity index (χ1v) is 8.78. The predicted molar refractivity (Wildman–Crippen MR) is 102 cm³/mol. The van der Waals surface area contributed by atoms with Gasteiger partial charge in [-0.25, -0.2) is 4.39 Å². The van der Waals surface area contributed by atoms with E-state index in [0.29, 0.717) is 5.56 Å². The number of carbonyl (C=O) groups excluding carboxylic acids is 1. The van der Waals surface area contributed by atoms with Crippen LogP contribution in [-0.2, 0) is 6.54 Å². The van der Waals surface area contributed by atoms with E-state index in [9.17, 15) is 24.0 Å². The topological polar surface area (TPSA) is 84.3 Å². The molecule has 2 aromatic heterocycles. The van der Waals surface area contributed by atoms with Gasteiger partial charge in [0.25, 0.3) is 5.56 Å². The molecule has 0 saturated heterocycles. The van der Waals surface area contributed by atoms with Gasteiger partial charge in [-0.05, 0) is 23.6 Å². The Morgan fingerprint density at radius 2 is 1.86 bits per heavy atom. The average Bonchev–Trinajstić information content (AvgIpc) is 2.65. The molecule has 0 amide bonds. The fourth-order valence-electron chi connectivity index (χ4n) is 3.02. The van der Waals surface area contributed by atoms with E-state index >= 15 is 0 Å². The first-order chi connectivity index (χ1) is 13.3. The van der Waals surface area contributed by atoms with Gasteiger partial charge in [-0.3, -0.25) is 14.4 Å². The Bertz CT molecular complexity index is 1220. The first kappa shape index (κ1) is 19.2. The summed E-state index contributed by atoms with van der Waals surface area (Å²) < 4.78 is 15.7. The van der Waals surface area contributed by atoms with Crippen molar-refractivity contribution in [1.29, 1.82) is 5.26 Å². The number of carbonyl (C=O) groups is 1. The molecule has 28 heavy (non-hydrogen) atoms. The largest absolute Gasteiger partial charge is 0.316 e. The molecule has 3 rings (SSSR count). The summed E-state index contributed by atoms with van der Waals surface area (Å²) in [6.45, 7) is 3.87. The lowest BCUT2D eigenvalue weighted by Gasteiger charge is -2.11. The van der Waals surface area contributed by atoms with Crippen molar-refractivity contribution >= 4 is 11.3 Å². The zero-order valence-corrected chi connectivity index (χ0v) is 15.5. The number of fused-ring (bicyclic) bond motifs is 1. The smallest absolute Gasteiger partial charge is 0.276 e. The third-order valence-corrected chi connectivity index (χ3v) is 4.38. The van der Waals surface area contributed by atoms with Crippen molar-refractivity contribution in [1.82, 2.24) is 8.97 Å². The monoisotopic (exact) mass is 379 g/mol. The fraction of sp³-hybridized carbons (Fsp3) is 0.238. The minimum absolute atomic E-state index is 0.0573. The number of pyridine rings is 1. The molecule has 0 atom stereocenters. The van der Waals surface area contributed by atoms with Crippen LogP contribution in [0.1, 0.15) is 41.8 Å². The number of nitriles is 1. The normalized spacial score (nSPS) is 11.0. The van der Waals surface area contributed by atoms with Crippen LogP contribution in [0.15, 0.2) is 52.4 Å². The van der Waals surface area contributed by atoms with Crippen LogP contribution in [0.2, 0.25) is 0 Å². The molecular formula is C21H18FN3O3. The van der Waals surface area contributed by atoms with Crippen LogP contribution in [0.5, 0.6) is 0 Å². The van der Waals surface area contributed by atoms with Gasteiger partial charge in [0, 0.05) is 25.0 Å². The van der Waals surface area contributed by atoms with Crippen LogP contribution in [0.3, 0.4) is 0 Å². The second-order valence-corrected chi connectivity index (χ2v) is 6.99. The lowest BCUT2D eigenvalue weighted by Crippen LogP contribution is -2.28.